The van der Waals surface area contributed by atoms with E-state index < -0.39 is 5.97 Å². The Kier molecular flexibility index (Phi) is 1.83. The first-order valence-corrected chi connectivity index (χ1v) is 4.74. The smallest absolute Gasteiger partial charge is 0.347 e. The van der Waals surface area contributed by atoms with Crippen molar-refractivity contribution < 1.29 is 9.53 Å². The van der Waals surface area contributed by atoms with Gasteiger partial charge in [-0.05, 0) is 24.3 Å². The number of rotatable bonds is 0. The van der Waals surface area contributed by atoms with E-state index in [1.54, 1.807) is 36.7 Å². The Morgan fingerprint density at radius 1 is 1.06 bits per heavy atom. The molecular weight excluding hydrogens is 206 g/mol. The summed E-state index contributed by atoms with van der Waals surface area (Å²) >= 11 is 0. The van der Waals surface area contributed by atoms with Crippen molar-refractivity contribution >= 4 is 17.6 Å². The Balaban J connectivity index is 2.18. The molecule has 1 aliphatic rings. The number of carbonyl (C=O) groups is 1. The molecule has 0 spiro atoms. The quantitative estimate of drug-likeness (QED) is 0.675. The number of aromatic nitrogens is 2. The van der Waals surface area contributed by atoms with Crippen LogP contribution in [0.25, 0.3) is 0 Å². The molecule has 0 saturated carbocycles. The molecule has 0 radical (unpaired) electrons. The Labute approximate surface area is 91.1 Å². The Hall–Kier alpha value is -2.43. The zero-order valence-electron chi connectivity index (χ0n) is 8.18. The van der Waals surface area contributed by atoms with Gasteiger partial charge in [-0.15, -0.1) is 0 Å². The molecule has 3 rings (SSSR count). The summed E-state index contributed by atoms with van der Waals surface area (Å²) in [5.74, 6) is 0.936. The van der Waals surface area contributed by atoms with Crippen LogP contribution in [0.4, 0.5) is 11.6 Å². The standard InChI is InChI=1S/C11H7N3O2/c15-11-7-3-1-5-12-9(7)14-10-8(16-11)4-2-6-13-10/h1-6H,(H,12,13,14). The number of fused-ring (bicyclic) bond motifs is 2. The molecular formula is C11H7N3O2. The highest BCUT2D eigenvalue weighted by Crippen LogP contribution is 2.30. The first-order chi connectivity index (χ1) is 7.84. The third-order valence-electron chi connectivity index (χ3n) is 2.24. The lowest BCUT2D eigenvalue weighted by atomic mass is 10.2. The summed E-state index contributed by atoms with van der Waals surface area (Å²) in [5, 5.41) is 2.97. The van der Waals surface area contributed by atoms with Crippen molar-refractivity contribution in [3.63, 3.8) is 0 Å². The van der Waals surface area contributed by atoms with Gasteiger partial charge in [-0.25, -0.2) is 14.8 Å². The lowest BCUT2D eigenvalue weighted by Gasteiger charge is -2.03. The zero-order valence-corrected chi connectivity index (χ0v) is 8.18. The maximum Gasteiger partial charge on any atom is 0.347 e. The predicted octanol–water partition coefficient (Wildman–Crippen LogP) is 1.75. The maximum atomic E-state index is 11.7. The number of hydrogen-bond donors (Lipinski definition) is 1. The summed E-state index contributed by atoms with van der Waals surface area (Å²) in [5.41, 5.74) is 0.403. The number of carbonyl (C=O) groups excluding carboxylic acids is 1. The number of ether oxygens (including phenoxy) is 1. The molecule has 0 fully saturated rings. The summed E-state index contributed by atoms with van der Waals surface area (Å²) in [6, 6.07) is 6.73. The van der Waals surface area contributed by atoms with E-state index >= 15 is 0 Å². The van der Waals surface area contributed by atoms with E-state index in [1.165, 1.54) is 0 Å². The summed E-state index contributed by atoms with van der Waals surface area (Å²) in [6.07, 6.45) is 3.22. The van der Waals surface area contributed by atoms with Gasteiger partial charge in [0.05, 0.1) is 0 Å². The van der Waals surface area contributed by atoms with Gasteiger partial charge in [0, 0.05) is 12.4 Å². The van der Waals surface area contributed by atoms with Crippen molar-refractivity contribution in [1.82, 2.24) is 9.97 Å². The van der Waals surface area contributed by atoms with Crippen LogP contribution in [-0.4, -0.2) is 15.9 Å². The minimum atomic E-state index is -0.428. The van der Waals surface area contributed by atoms with Crippen molar-refractivity contribution in [3.8, 4) is 5.75 Å². The maximum absolute atomic E-state index is 11.7. The highest BCUT2D eigenvalue weighted by atomic mass is 16.5. The van der Waals surface area contributed by atoms with Gasteiger partial charge in [0.15, 0.2) is 11.6 Å². The van der Waals surface area contributed by atoms with Gasteiger partial charge < -0.3 is 10.1 Å². The Morgan fingerprint density at radius 2 is 1.81 bits per heavy atom. The fraction of sp³-hybridized carbons (Fsp3) is 0. The highest BCUT2D eigenvalue weighted by molar-refractivity contribution is 5.98. The van der Waals surface area contributed by atoms with Crippen LogP contribution in [0.15, 0.2) is 36.7 Å². The van der Waals surface area contributed by atoms with Crippen LogP contribution >= 0.6 is 0 Å². The van der Waals surface area contributed by atoms with E-state index in [-0.39, 0.29) is 0 Å². The van der Waals surface area contributed by atoms with E-state index in [1.807, 2.05) is 0 Å². The second-order valence-electron chi connectivity index (χ2n) is 3.26. The van der Waals surface area contributed by atoms with Gasteiger partial charge in [-0.3, -0.25) is 0 Å². The number of nitrogens with one attached hydrogen (secondary N) is 1. The molecule has 0 unspecified atom stereocenters. The molecule has 1 aliphatic heterocycles. The van der Waals surface area contributed by atoms with E-state index in [0.29, 0.717) is 22.9 Å². The molecule has 2 aromatic heterocycles. The molecule has 0 saturated heterocycles. The van der Waals surface area contributed by atoms with Crippen LogP contribution in [0, 0.1) is 0 Å². The summed E-state index contributed by atoms with van der Waals surface area (Å²) in [4.78, 5) is 19.9. The number of nitrogens with zero attached hydrogens (tertiary/aromatic N) is 2. The summed E-state index contributed by atoms with van der Waals surface area (Å²) in [7, 11) is 0. The van der Waals surface area contributed by atoms with Gasteiger partial charge in [0.25, 0.3) is 0 Å². The molecule has 16 heavy (non-hydrogen) atoms. The third-order valence-corrected chi connectivity index (χ3v) is 2.24. The van der Waals surface area contributed by atoms with Gasteiger partial charge in [-0.2, -0.15) is 0 Å². The summed E-state index contributed by atoms with van der Waals surface area (Å²) < 4.78 is 5.18. The highest BCUT2D eigenvalue weighted by Gasteiger charge is 2.21. The molecule has 78 valence electrons. The first-order valence-electron chi connectivity index (χ1n) is 4.74. The van der Waals surface area contributed by atoms with Crippen molar-refractivity contribution in [2.24, 2.45) is 0 Å². The third kappa shape index (κ3) is 1.30. The van der Waals surface area contributed by atoms with Crippen molar-refractivity contribution in [2.75, 3.05) is 5.32 Å². The lowest BCUT2D eigenvalue weighted by molar-refractivity contribution is 0.0738. The Bertz CT molecular complexity index is 569. The molecule has 2 aromatic rings. The van der Waals surface area contributed by atoms with E-state index in [4.69, 9.17) is 4.74 Å². The van der Waals surface area contributed by atoms with E-state index in [2.05, 4.69) is 15.3 Å². The van der Waals surface area contributed by atoms with Crippen molar-refractivity contribution in [2.45, 2.75) is 0 Å². The molecule has 0 atom stereocenters. The average Bonchev–Trinajstić information content (AvgIpc) is 2.45. The lowest BCUT2D eigenvalue weighted by Crippen LogP contribution is -2.07. The van der Waals surface area contributed by atoms with Crippen LogP contribution in [0.2, 0.25) is 0 Å². The molecule has 1 N–H and O–H groups in total. The molecule has 5 nitrogen and oxygen atoms in total. The molecule has 0 aromatic carbocycles. The molecule has 0 amide bonds. The van der Waals surface area contributed by atoms with Crippen LogP contribution in [0.3, 0.4) is 0 Å². The SMILES string of the molecule is O=C1Oc2cccnc2Nc2ncccc21. The summed E-state index contributed by atoms with van der Waals surface area (Å²) in [6.45, 7) is 0. The van der Waals surface area contributed by atoms with E-state index in [0.717, 1.165) is 0 Å². The molecule has 0 bridgehead atoms. The topological polar surface area (TPSA) is 64.1 Å². The van der Waals surface area contributed by atoms with Gasteiger partial charge in [0.2, 0.25) is 0 Å². The number of hydrogen-bond acceptors (Lipinski definition) is 5. The van der Waals surface area contributed by atoms with Gasteiger partial charge >= 0.3 is 5.97 Å². The monoisotopic (exact) mass is 213 g/mol. The number of pyridine rings is 2. The van der Waals surface area contributed by atoms with Crippen molar-refractivity contribution in [3.05, 3.63) is 42.2 Å². The minimum absolute atomic E-state index is 0.403. The number of esters is 1. The Morgan fingerprint density at radius 3 is 2.69 bits per heavy atom. The van der Waals surface area contributed by atoms with Crippen LogP contribution < -0.4 is 10.1 Å². The minimum Gasteiger partial charge on any atom is -0.419 e. The molecule has 5 heteroatoms. The first kappa shape index (κ1) is 8.84. The normalized spacial score (nSPS) is 12.9. The predicted molar refractivity (Wildman–Crippen MR) is 56.7 cm³/mol. The van der Waals surface area contributed by atoms with Crippen molar-refractivity contribution in [1.29, 1.82) is 0 Å². The average molecular weight is 213 g/mol. The van der Waals surface area contributed by atoms with Crippen LogP contribution in [0.1, 0.15) is 10.4 Å². The largest absolute Gasteiger partial charge is 0.419 e. The second-order valence-corrected chi connectivity index (χ2v) is 3.26. The van der Waals surface area contributed by atoms with Gasteiger partial charge in [-0.1, -0.05) is 0 Å². The van der Waals surface area contributed by atoms with Crippen LogP contribution in [-0.2, 0) is 0 Å². The fourth-order valence-electron chi connectivity index (χ4n) is 1.50. The van der Waals surface area contributed by atoms with Crippen LogP contribution in [0.5, 0.6) is 5.75 Å². The molecule has 0 aliphatic carbocycles. The molecule has 3 heterocycles. The second kappa shape index (κ2) is 3.30. The van der Waals surface area contributed by atoms with E-state index in [9.17, 15) is 4.79 Å². The number of anilines is 2. The fourth-order valence-corrected chi connectivity index (χ4v) is 1.50. The van der Waals surface area contributed by atoms with Gasteiger partial charge in [0.1, 0.15) is 11.4 Å². The zero-order chi connectivity index (χ0) is 11.0.